The first-order valence-electron chi connectivity index (χ1n) is 7.40. The number of nitrogens with one attached hydrogen (secondary N) is 1. The molecule has 2 atom stereocenters. The number of nitrogens with two attached hydrogens (primary N) is 1. The van der Waals surface area contributed by atoms with Crippen LogP contribution in [0.3, 0.4) is 0 Å². The van der Waals surface area contributed by atoms with E-state index in [9.17, 15) is 4.79 Å². The smallest absolute Gasteiger partial charge is 0.227 e. The zero-order chi connectivity index (χ0) is 14.5. The highest BCUT2D eigenvalue weighted by Crippen LogP contribution is 2.26. The second-order valence-corrected chi connectivity index (χ2v) is 5.52. The van der Waals surface area contributed by atoms with Gasteiger partial charge in [0.2, 0.25) is 5.91 Å². The number of amides is 1. The fourth-order valence-electron chi connectivity index (χ4n) is 2.73. The van der Waals surface area contributed by atoms with Crippen LogP contribution in [0.5, 0.6) is 5.75 Å². The topological polar surface area (TPSA) is 64.3 Å². The lowest BCUT2D eigenvalue weighted by molar-refractivity contribution is -0.120. The first-order chi connectivity index (χ1) is 9.60. The highest BCUT2D eigenvalue weighted by molar-refractivity contribution is 5.93. The van der Waals surface area contributed by atoms with E-state index in [2.05, 4.69) is 5.32 Å². The average molecular weight is 276 g/mol. The van der Waals surface area contributed by atoms with Gasteiger partial charge < -0.3 is 15.8 Å². The Hall–Kier alpha value is -1.55. The molecule has 0 saturated heterocycles. The molecular weight excluding hydrogens is 252 g/mol. The molecular formula is C16H24N2O2. The van der Waals surface area contributed by atoms with Crippen LogP contribution in [0.15, 0.2) is 18.2 Å². The fraction of sp³-hybridized carbons (Fsp3) is 0.562. The molecule has 4 nitrogen and oxygen atoms in total. The second-order valence-electron chi connectivity index (χ2n) is 5.52. The Morgan fingerprint density at radius 1 is 1.45 bits per heavy atom. The Labute approximate surface area is 120 Å². The van der Waals surface area contributed by atoms with Gasteiger partial charge in [0.1, 0.15) is 5.75 Å². The molecule has 1 aliphatic rings. The lowest BCUT2D eigenvalue weighted by Gasteiger charge is -2.26. The summed E-state index contributed by atoms with van der Waals surface area (Å²) < 4.78 is 5.45. The molecule has 0 aliphatic heterocycles. The summed E-state index contributed by atoms with van der Waals surface area (Å²) in [4.78, 5) is 12.3. The minimum absolute atomic E-state index is 0.0460. The second kappa shape index (κ2) is 6.75. The van der Waals surface area contributed by atoms with E-state index in [0.29, 0.717) is 6.61 Å². The van der Waals surface area contributed by atoms with Crippen LogP contribution in [-0.2, 0) is 4.79 Å². The molecule has 1 aliphatic carbocycles. The maximum absolute atomic E-state index is 12.3. The molecule has 2 rings (SSSR count). The Bertz CT molecular complexity index is 474. The van der Waals surface area contributed by atoms with Crippen molar-refractivity contribution in [1.29, 1.82) is 0 Å². The minimum Gasteiger partial charge on any atom is -0.494 e. The summed E-state index contributed by atoms with van der Waals surface area (Å²) in [5.74, 6) is 0.972. The normalized spacial score (nSPS) is 22.4. The van der Waals surface area contributed by atoms with Gasteiger partial charge in [-0.1, -0.05) is 6.42 Å². The maximum atomic E-state index is 12.3. The third kappa shape index (κ3) is 3.73. The molecule has 0 bridgehead atoms. The molecule has 1 amide bonds. The van der Waals surface area contributed by atoms with Crippen LogP contribution in [0.25, 0.3) is 0 Å². The third-order valence-electron chi connectivity index (χ3n) is 3.85. The van der Waals surface area contributed by atoms with Crippen LogP contribution in [0.1, 0.15) is 38.2 Å². The third-order valence-corrected chi connectivity index (χ3v) is 3.85. The lowest BCUT2D eigenvalue weighted by Crippen LogP contribution is -2.34. The summed E-state index contributed by atoms with van der Waals surface area (Å²) in [6.45, 7) is 4.58. The SMILES string of the molecule is CCOc1ccc(NC(=O)C2CCCC(N)C2)c(C)c1. The molecule has 1 aromatic rings. The molecule has 1 saturated carbocycles. The molecule has 3 N–H and O–H groups in total. The number of anilines is 1. The monoisotopic (exact) mass is 276 g/mol. The van der Waals surface area contributed by atoms with Crippen LogP contribution in [0.2, 0.25) is 0 Å². The Morgan fingerprint density at radius 2 is 2.25 bits per heavy atom. The van der Waals surface area contributed by atoms with Gasteiger partial charge in [0.05, 0.1) is 6.61 Å². The summed E-state index contributed by atoms with van der Waals surface area (Å²) in [6.07, 6.45) is 3.81. The van der Waals surface area contributed by atoms with E-state index in [4.69, 9.17) is 10.5 Å². The van der Waals surface area contributed by atoms with E-state index in [1.807, 2.05) is 32.0 Å². The van der Waals surface area contributed by atoms with Gasteiger partial charge in [0, 0.05) is 17.6 Å². The molecule has 4 heteroatoms. The van der Waals surface area contributed by atoms with Gasteiger partial charge in [-0.15, -0.1) is 0 Å². The lowest BCUT2D eigenvalue weighted by atomic mass is 9.85. The molecule has 110 valence electrons. The summed E-state index contributed by atoms with van der Waals surface area (Å²) in [7, 11) is 0. The molecule has 20 heavy (non-hydrogen) atoms. The van der Waals surface area contributed by atoms with Crippen molar-refractivity contribution in [3.8, 4) is 5.75 Å². The zero-order valence-electron chi connectivity index (χ0n) is 12.3. The molecule has 1 fully saturated rings. The first-order valence-corrected chi connectivity index (χ1v) is 7.40. The number of aryl methyl sites for hydroxylation is 1. The molecule has 0 spiro atoms. The largest absolute Gasteiger partial charge is 0.494 e. The van der Waals surface area contributed by atoms with Crippen LogP contribution >= 0.6 is 0 Å². The summed E-state index contributed by atoms with van der Waals surface area (Å²) in [5, 5.41) is 3.02. The van der Waals surface area contributed by atoms with Crippen molar-refractivity contribution >= 4 is 11.6 Å². The molecule has 2 unspecified atom stereocenters. The number of benzene rings is 1. The van der Waals surface area contributed by atoms with Crippen molar-refractivity contribution in [2.24, 2.45) is 11.7 Å². The number of rotatable bonds is 4. The van der Waals surface area contributed by atoms with Crippen molar-refractivity contribution in [3.05, 3.63) is 23.8 Å². The van der Waals surface area contributed by atoms with Gasteiger partial charge in [-0.3, -0.25) is 4.79 Å². The summed E-state index contributed by atoms with van der Waals surface area (Å²) in [5.41, 5.74) is 7.82. The van der Waals surface area contributed by atoms with Crippen LogP contribution < -0.4 is 15.8 Å². The summed E-state index contributed by atoms with van der Waals surface area (Å²) >= 11 is 0. The standard InChI is InChI=1S/C16H24N2O2/c1-3-20-14-7-8-15(11(2)9-14)18-16(19)12-5-4-6-13(17)10-12/h7-9,12-13H,3-6,10,17H2,1-2H3,(H,18,19). The number of ether oxygens (including phenoxy) is 1. The molecule has 0 aromatic heterocycles. The molecule has 1 aromatic carbocycles. The van der Waals surface area contributed by atoms with E-state index >= 15 is 0 Å². The summed E-state index contributed by atoms with van der Waals surface area (Å²) in [6, 6.07) is 5.91. The van der Waals surface area contributed by atoms with Crippen molar-refractivity contribution in [1.82, 2.24) is 0 Å². The van der Waals surface area contributed by atoms with E-state index in [-0.39, 0.29) is 17.9 Å². The zero-order valence-corrected chi connectivity index (χ0v) is 12.3. The number of hydrogen-bond donors (Lipinski definition) is 2. The first kappa shape index (κ1) is 14.9. The van der Waals surface area contributed by atoms with Crippen LogP contribution in [0, 0.1) is 12.8 Å². The predicted octanol–water partition coefficient (Wildman–Crippen LogP) is 2.85. The average Bonchev–Trinajstić information content (AvgIpc) is 2.42. The van der Waals surface area contributed by atoms with Crippen molar-refractivity contribution in [2.75, 3.05) is 11.9 Å². The van der Waals surface area contributed by atoms with Crippen molar-refractivity contribution < 1.29 is 9.53 Å². The van der Waals surface area contributed by atoms with Gasteiger partial charge in [-0.25, -0.2) is 0 Å². The van der Waals surface area contributed by atoms with Gasteiger partial charge in [0.15, 0.2) is 0 Å². The van der Waals surface area contributed by atoms with E-state index in [1.54, 1.807) is 0 Å². The Morgan fingerprint density at radius 3 is 2.90 bits per heavy atom. The van der Waals surface area contributed by atoms with Gasteiger partial charge in [-0.05, 0) is 56.9 Å². The quantitative estimate of drug-likeness (QED) is 0.888. The highest BCUT2D eigenvalue weighted by atomic mass is 16.5. The van der Waals surface area contributed by atoms with Gasteiger partial charge in [0.25, 0.3) is 0 Å². The molecule has 0 heterocycles. The predicted molar refractivity (Wildman–Crippen MR) is 80.9 cm³/mol. The van der Waals surface area contributed by atoms with Crippen LogP contribution in [0.4, 0.5) is 5.69 Å². The van der Waals surface area contributed by atoms with E-state index in [1.165, 1.54) is 0 Å². The Balaban J connectivity index is 2.00. The number of carbonyl (C=O) groups is 1. The van der Waals surface area contributed by atoms with E-state index < -0.39 is 0 Å². The van der Waals surface area contributed by atoms with Gasteiger partial charge in [-0.2, -0.15) is 0 Å². The van der Waals surface area contributed by atoms with Crippen LogP contribution in [-0.4, -0.2) is 18.6 Å². The van der Waals surface area contributed by atoms with E-state index in [0.717, 1.165) is 42.7 Å². The minimum atomic E-state index is 0.0460. The Kier molecular flexibility index (Phi) is 5.01. The fourth-order valence-corrected chi connectivity index (χ4v) is 2.73. The van der Waals surface area contributed by atoms with Crippen molar-refractivity contribution in [3.63, 3.8) is 0 Å². The highest BCUT2D eigenvalue weighted by Gasteiger charge is 2.25. The van der Waals surface area contributed by atoms with Gasteiger partial charge >= 0.3 is 0 Å². The maximum Gasteiger partial charge on any atom is 0.227 e. The number of carbonyl (C=O) groups excluding carboxylic acids is 1. The van der Waals surface area contributed by atoms with Crippen molar-refractivity contribution in [2.45, 2.75) is 45.6 Å². The molecule has 0 radical (unpaired) electrons. The number of hydrogen-bond acceptors (Lipinski definition) is 3.